The Balaban J connectivity index is 1.95. The Labute approximate surface area is 279 Å². The van der Waals surface area contributed by atoms with Gasteiger partial charge in [0.25, 0.3) is 0 Å². The Bertz CT molecular complexity index is 1260. The molecule has 0 aliphatic carbocycles. The van der Waals surface area contributed by atoms with E-state index >= 15 is 0 Å². The Morgan fingerprint density at radius 1 is 1.02 bits per heavy atom. The van der Waals surface area contributed by atoms with Gasteiger partial charge < -0.3 is 37.5 Å². The van der Waals surface area contributed by atoms with Crippen LogP contribution in [-0.4, -0.2) is 89.2 Å². The first-order valence-electron chi connectivity index (χ1n) is 15.6. The van der Waals surface area contributed by atoms with E-state index in [9.17, 15) is 33.6 Å². The lowest BCUT2D eigenvalue weighted by atomic mass is 10.0. The molecule has 0 radical (unpaired) electrons. The van der Waals surface area contributed by atoms with E-state index in [2.05, 4.69) is 21.3 Å². The van der Waals surface area contributed by atoms with Gasteiger partial charge in [0.1, 0.15) is 18.7 Å². The zero-order valence-electron chi connectivity index (χ0n) is 27.2. The number of nitrogens with two attached hydrogens (primary N) is 2. The standard InChI is InChI=1S/C31H47N7O8S/c1-19(2)27(37-25(40)8-4-5-15-38-26(41)17-24(30(38)44)47-16-13-32)29(43)36-23(7-6-14-34-31(33)45)28(42)35-22-11-9-21(10-12-22)18-46-20(3)39/h9-12,19,23-24,27H,4-8,13-18,32H2,1-3H3,(H,35,42)(H,36,43)(H,37,40)(H3,33,34,45)/t23-,24?,27-/m0/s1. The van der Waals surface area contributed by atoms with Crippen molar-refractivity contribution in [3.8, 4) is 0 Å². The summed E-state index contributed by atoms with van der Waals surface area (Å²) in [7, 11) is 0. The fraction of sp³-hybridized carbons (Fsp3) is 0.581. The lowest BCUT2D eigenvalue weighted by Crippen LogP contribution is -2.54. The van der Waals surface area contributed by atoms with Crippen molar-refractivity contribution in [2.24, 2.45) is 17.4 Å². The largest absolute Gasteiger partial charge is 0.461 e. The third-order valence-electron chi connectivity index (χ3n) is 7.21. The van der Waals surface area contributed by atoms with Crippen molar-refractivity contribution < 1.29 is 38.3 Å². The molecule has 0 spiro atoms. The molecule has 15 nitrogen and oxygen atoms in total. The normalized spacial score (nSPS) is 15.6. The summed E-state index contributed by atoms with van der Waals surface area (Å²) in [4.78, 5) is 87.5. The van der Waals surface area contributed by atoms with E-state index in [-0.39, 0.29) is 62.6 Å². The highest BCUT2D eigenvalue weighted by Gasteiger charge is 2.38. The number of hydrogen-bond donors (Lipinski definition) is 6. The summed E-state index contributed by atoms with van der Waals surface area (Å²) in [5.74, 6) is -2.03. The predicted octanol–water partition coefficient (Wildman–Crippen LogP) is 0.752. The fourth-order valence-electron chi connectivity index (χ4n) is 4.71. The van der Waals surface area contributed by atoms with Gasteiger partial charge in [-0.1, -0.05) is 26.0 Å². The number of urea groups is 1. The number of benzene rings is 1. The molecule has 3 atom stereocenters. The van der Waals surface area contributed by atoms with E-state index in [1.165, 1.54) is 23.6 Å². The number of esters is 1. The van der Waals surface area contributed by atoms with E-state index in [0.717, 1.165) is 5.56 Å². The number of rotatable bonds is 20. The SMILES string of the molecule is CC(=O)OCc1ccc(NC(=O)[C@H](CCCNC(N)=O)NC(=O)[C@@H](NC(=O)CCCCN2C(=O)CC(SCCN)C2=O)C(C)C)cc1. The van der Waals surface area contributed by atoms with Crippen LogP contribution in [0.2, 0.25) is 0 Å². The average molecular weight is 678 g/mol. The van der Waals surface area contributed by atoms with Crippen molar-refractivity contribution in [3.63, 3.8) is 0 Å². The second-order valence-corrected chi connectivity index (χ2v) is 12.8. The number of nitrogens with one attached hydrogen (secondary N) is 4. The number of amides is 7. The fourth-order valence-corrected chi connectivity index (χ4v) is 5.66. The molecular weight excluding hydrogens is 630 g/mol. The molecule has 0 saturated carbocycles. The lowest BCUT2D eigenvalue weighted by Gasteiger charge is -2.25. The van der Waals surface area contributed by atoms with Crippen LogP contribution in [0, 0.1) is 5.92 Å². The van der Waals surface area contributed by atoms with Gasteiger partial charge in [-0.15, -0.1) is 11.8 Å². The molecule has 7 amide bonds. The Kier molecular flexibility index (Phi) is 16.7. The molecule has 1 fully saturated rings. The number of carbonyl (C=O) groups is 7. The third-order valence-corrected chi connectivity index (χ3v) is 8.45. The molecule has 1 aliphatic rings. The number of likely N-dealkylation sites (tertiary alicyclic amines) is 1. The number of primary amides is 1. The highest BCUT2D eigenvalue weighted by molar-refractivity contribution is 8.00. The minimum Gasteiger partial charge on any atom is -0.461 e. The van der Waals surface area contributed by atoms with Gasteiger partial charge in [0.15, 0.2) is 0 Å². The maximum Gasteiger partial charge on any atom is 0.312 e. The first kappa shape index (κ1) is 39.0. The lowest BCUT2D eigenvalue weighted by molar-refractivity contribution is -0.142. The van der Waals surface area contributed by atoms with E-state index in [1.807, 2.05) is 0 Å². The second kappa shape index (κ2) is 20.1. The van der Waals surface area contributed by atoms with E-state index in [0.29, 0.717) is 37.2 Å². The number of imide groups is 1. The molecule has 260 valence electrons. The zero-order chi connectivity index (χ0) is 34.9. The van der Waals surface area contributed by atoms with Crippen LogP contribution in [0.3, 0.4) is 0 Å². The first-order chi connectivity index (χ1) is 22.3. The van der Waals surface area contributed by atoms with Crippen LogP contribution in [0.25, 0.3) is 0 Å². The molecule has 1 aromatic rings. The van der Waals surface area contributed by atoms with Gasteiger partial charge in [-0.05, 0) is 49.3 Å². The summed E-state index contributed by atoms with van der Waals surface area (Å²) in [6, 6.07) is 3.99. The second-order valence-electron chi connectivity index (χ2n) is 11.4. The number of ether oxygens (including phenoxy) is 1. The number of anilines is 1. The topological polar surface area (TPSA) is 232 Å². The molecular formula is C31H47N7O8S. The predicted molar refractivity (Wildman–Crippen MR) is 177 cm³/mol. The molecule has 1 saturated heterocycles. The minimum absolute atomic E-state index is 0.0776. The quantitative estimate of drug-likeness (QED) is 0.0644. The van der Waals surface area contributed by atoms with Crippen molar-refractivity contribution in [3.05, 3.63) is 29.8 Å². The van der Waals surface area contributed by atoms with Crippen molar-refractivity contribution in [2.45, 2.75) is 83.2 Å². The maximum atomic E-state index is 13.4. The maximum absolute atomic E-state index is 13.4. The van der Waals surface area contributed by atoms with Crippen LogP contribution in [0.4, 0.5) is 10.5 Å². The summed E-state index contributed by atoms with van der Waals surface area (Å²) in [5, 5.41) is 10.3. The van der Waals surface area contributed by atoms with Crippen LogP contribution >= 0.6 is 11.8 Å². The van der Waals surface area contributed by atoms with Crippen LogP contribution in [0.5, 0.6) is 0 Å². The monoisotopic (exact) mass is 677 g/mol. The average Bonchev–Trinajstić information content (AvgIpc) is 3.28. The molecule has 16 heteroatoms. The van der Waals surface area contributed by atoms with Crippen LogP contribution in [0.1, 0.15) is 64.9 Å². The Hall–Kier alpha value is -4.18. The van der Waals surface area contributed by atoms with Gasteiger partial charge in [-0.2, -0.15) is 0 Å². The summed E-state index contributed by atoms with van der Waals surface area (Å²) in [5.41, 5.74) is 11.8. The van der Waals surface area contributed by atoms with Crippen molar-refractivity contribution in [1.29, 1.82) is 0 Å². The zero-order valence-corrected chi connectivity index (χ0v) is 28.0. The van der Waals surface area contributed by atoms with Crippen molar-refractivity contribution in [2.75, 3.05) is 30.7 Å². The van der Waals surface area contributed by atoms with Crippen LogP contribution < -0.4 is 32.7 Å². The third kappa shape index (κ3) is 14.0. The number of hydrogen-bond acceptors (Lipinski definition) is 10. The van der Waals surface area contributed by atoms with Crippen molar-refractivity contribution in [1.82, 2.24) is 20.9 Å². The summed E-state index contributed by atoms with van der Waals surface area (Å²) < 4.78 is 4.97. The highest BCUT2D eigenvalue weighted by Crippen LogP contribution is 2.25. The number of unbranched alkanes of at least 4 members (excludes halogenated alkanes) is 1. The molecule has 1 unspecified atom stereocenters. The van der Waals surface area contributed by atoms with Gasteiger partial charge in [0, 0.05) is 50.8 Å². The first-order valence-corrected chi connectivity index (χ1v) is 16.7. The van der Waals surface area contributed by atoms with Gasteiger partial charge in [0.2, 0.25) is 29.5 Å². The van der Waals surface area contributed by atoms with E-state index < -0.39 is 41.1 Å². The summed E-state index contributed by atoms with van der Waals surface area (Å²) >= 11 is 1.37. The Morgan fingerprint density at radius 3 is 2.34 bits per heavy atom. The van der Waals surface area contributed by atoms with Crippen LogP contribution in [-0.2, 0) is 40.1 Å². The molecule has 0 bridgehead atoms. The molecule has 1 aromatic carbocycles. The van der Waals surface area contributed by atoms with Crippen LogP contribution in [0.15, 0.2) is 24.3 Å². The summed E-state index contributed by atoms with van der Waals surface area (Å²) in [6.07, 6.45) is 1.56. The molecule has 1 aliphatic heterocycles. The van der Waals surface area contributed by atoms with Gasteiger partial charge >= 0.3 is 12.0 Å². The number of carbonyl (C=O) groups excluding carboxylic acids is 7. The van der Waals surface area contributed by atoms with Gasteiger partial charge in [0.05, 0.1) is 5.25 Å². The van der Waals surface area contributed by atoms with E-state index in [4.69, 9.17) is 16.2 Å². The van der Waals surface area contributed by atoms with E-state index in [1.54, 1.807) is 38.1 Å². The molecule has 8 N–H and O–H groups in total. The summed E-state index contributed by atoms with van der Waals surface area (Å²) in [6.45, 7) is 5.74. The number of thioether (sulfide) groups is 1. The number of nitrogens with zero attached hydrogens (tertiary/aromatic N) is 1. The molecule has 1 heterocycles. The molecule has 47 heavy (non-hydrogen) atoms. The highest BCUT2D eigenvalue weighted by atomic mass is 32.2. The molecule has 0 aromatic heterocycles. The molecule has 2 rings (SSSR count). The Morgan fingerprint density at radius 2 is 1.72 bits per heavy atom. The van der Waals surface area contributed by atoms with Crippen molar-refractivity contribution >= 4 is 59.0 Å². The van der Waals surface area contributed by atoms with Gasteiger partial charge in [-0.25, -0.2) is 4.79 Å². The smallest absolute Gasteiger partial charge is 0.312 e. The minimum atomic E-state index is -1.00. The van der Waals surface area contributed by atoms with Gasteiger partial charge in [-0.3, -0.25) is 33.7 Å².